The number of nitrogens with zero attached hydrogens (tertiary/aromatic N) is 1. The lowest BCUT2D eigenvalue weighted by atomic mass is 9.99. The quantitative estimate of drug-likeness (QED) is 0.609. The van der Waals surface area contributed by atoms with Gasteiger partial charge in [-0.25, -0.2) is 5.01 Å². The molecule has 0 aliphatic carbocycles. The van der Waals surface area contributed by atoms with E-state index in [0.717, 1.165) is 0 Å². The first-order valence-electron chi connectivity index (χ1n) is 4.17. The summed E-state index contributed by atoms with van der Waals surface area (Å²) in [5, 5.41) is 2.37. The Hall–Kier alpha value is 0.210. The van der Waals surface area contributed by atoms with Gasteiger partial charge in [0.25, 0.3) is 0 Å². The first-order chi connectivity index (χ1) is 5.04. The Morgan fingerprint density at radius 1 is 1.45 bits per heavy atom. The smallest absolute Gasteiger partial charge is 0.0671 e. The molecule has 1 heterocycles. The van der Waals surface area contributed by atoms with E-state index in [1.807, 2.05) is 0 Å². The Labute approximate surface area is 73.9 Å². The molecule has 0 aromatic carbocycles. The molecule has 0 saturated carbocycles. The van der Waals surface area contributed by atoms with Crippen LogP contribution < -0.4 is 5.43 Å². The molecular formula is C8H17ClN2. The van der Waals surface area contributed by atoms with Crippen molar-refractivity contribution in [2.45, 2.75) is 38.2 Å². The molecule has 2 nitrogen and oxygen atoms in total. The van der Waals surface area contributed by atoms with Crippen molar-refractivity contribution in [3.05, 3.63) is 0 Å². The van der Waals surface area contributed by atoms with Gasteiger partial charge < -0.3 is 0 Å². The number of rotatable bonds is 1. The molecule has 1 aliphatic heterocycles. The number of hydrazine groups is 1. The first kappa shape index (κ1) is 9.30. The van der Waals surface area contributed by atoms with Crippen molar-refractivity contribution in [1.82, 2.24) is 10.4 Å². The summed E-state index contributed by atoms with van der Waals surface area (Å²) >= 11 is 6.21. The molecule has 1 aliphatic rings. The summed E-state index contributed by atoms with van der Waals surface area (Å²) in [6.45, 7) is 6.53. The van der Waals surface area contributed by atoms with Gasteiger partial charge in [-0.15, -0.1) is 11.6 Å². The van der Waals surface area contributed by atoms with E-state index in [4.69, 9.17) is 11.6 Å². The lowest BCUT2D eigenvalue weighted by Crippen LogP contribution is -2.38. The second-order valence-electron chi connectivity index (χ2n) is 3.71. The Balaban J connectivity index is 2.63. The third-order valence-corrected chi connectivity index (χ3v) is 2.98. The molecule has 1 rings (SSSR count). The second-order valence-corrected chi connectivity index (χ2v) is 4.21. The summed E-state index contributed by atoms with van der Waals surface area (Å²) in [5.74, 6) is 0.611. The van der Waals surface area contributed by atoms with Gasteiger partial charge >= 0.3 is 0 Å². The Bertz CT molecular complexity index is 138. The molecule has 66 valence electrons. The minimum Gasteiger partial charge on any atom is -0.251 e. The van der Waals surface area contributed by atoms with Crippen LogP contribution in [0.3, 0.4) is 0 Å². The van der Waals surface area contributed by atoms with Crippen LogP contribution in [0.25, 0.3) is 0 Å². The van der Waals surface area contributed by atoms with Gasteiger partial charge in [0, 0.05) is 19.1 Å². The molecule has 0 aromatic rings. The van der Waals surface area contributed by atoms with E-state index >= 15 is 0 Å². The van der Waals surface area contributed by atoms with E-state index in [0.29, 0.717) is 18.0 Å². The van der Waals surface area contributed by atoms with Crippen LogP contribution >= 0.6 is 11.6 Å². The molecule has 1 saturated heterocycles. The van der Waals surface area contributed by atoms with Crippen LogP contribution in [0.1, 0.15) is 20.8 Å². The van der Waals surface area contributed by atoms with Crippen LogP contribution in [0.5, 0.6) is 0 Å². The molecule has 3 unspecified atom stereocenters. The van der Waals surface area contributed by atoms with Gasteiger partial charge in [-0.05, 0) is 12.8 Å². The Morgan fingerprint density at radius 2 is 2.00 bits per heavy atom. The van der Waals surface area contributed by atoms with Crippen LogP contribution in [0.15, 0.2) is 0 Å². The van der Waals surface area contributed by atoms with E-state index in [-0.39, 0.29) is 5.38 Å². The Kier molecular flexibility index (Phi) is 2.79. The van der Waals surface area contributed by atoms with Crippen LogP contribution in [-0.2, 0) is 0 Å². The maximum absolute atomic E-state index is 6.21. The molecule has 1 fully saturated rings. The SMILES string of the molecule is CC(C)C1C(Cl)C(C)NN1C. The van der Waals surface area contributed by atoms with Gasteiger partial charge in [-0.3, -0.25) is 5.43 Å². The first-order valence-corrected chi connectivity index (χ1v) is 4.60. The highest BCUT2D eigenvalue weighted by molar-refractivity contribution is 6.21. The van der Waals surface area contributed by atoms with Gasteiger partial charge in [-0.1, -0.05) is 13.8 Å². The second kappa shape index (κ2) is 3.30. The number of alkyl halides is 1. The van der Waals surface area contributed by atoms with Crippen molar-refractivity contribution in [1.29, 1.82) is 0 Å². The van der Waals surface area contributed by atoms with Gasteiger partial charge in [-0.2, -0.15) is 0 Å². The summed E-state index contributed by atoms with van der Waals surface area (Å²) in [6, 6.07) is 0.862. The summed E-state index contributed by atoms with van der Waals surface area (Å²) in [4.78, 5) is 0. The minimum atomic E-state index is 0.236. The molecule has 3 heteroatoms. The molecule has 11 heavy (non-hydrogen) atoms. The fourth-order valence-corrected chi connectivity index (χ4v) is 2.32. The van der Waals surface area contributed by atoms with Crippen molar-refractivity contribution in [2.75, 3.05) is 7.05 Å². The van der Waals surface area contributed by atoms with Crippen molar-refractivity contribution >= 4 is 11.6 Å². The number of halogens is 1. The fourth-order valence-electron chi connectivity index (χ4n) is 1.80. The molecular weight excluding hydrogens is 160 g/mol. The van der Waals surface area contributed by atoms with Crippen LogP contribution in [0.4, 0.5) is 0 Å². The van der Waals surface area contributed by atoms with Crippen molar-refractivity contribution in [3.63, 3.8) is 0 Å². The summed E-state index contributed by atoms with van der Waals surface area (Å²) in [7, 11) is 2.06. The third-order valence-electron chi connectivity index (χ3n) is 2.34. The average Bonchev–Trinajstić information content (AvgIpc) is 2.07. The number of hydrogen-bond acceptors (Lipinski definition) is 2. The maximum atomic E-state index is 6.21. The van der Waals surface area contributed by atoms with E-state index in [1.165, 1.54) is 0 Å². The lowest BCUT2D eigenvalue weighted by molar-refractivity contribution is 0.190. The van der Waals surface area contributed by atoms with Crippen LogP contribution in [0, 0.1) is 5.92 Å². The highest BCUT2D eigenvalue weighted by Gasteiger charge is 2.37. The zero-order chi connectivity index (χ0) is 8.59. The predicted octanol–water partition coefficient (Wildman–Crippen LogP) is 1.46. The van der Waals surface area contributed by atoms with Gasteiger partial charge in [0.15, 0.2) is 0 Å². The summed E-state index contributed by atoms with van der Waals surface area (Å²) < 4.78 is 0. The minimum absolute atomic E-state index is 0.236. The van der Waals surface area contributed by atoms with E-state index < -0.39 is 0 Å². The lowest BCUT2D eigenvalue weighted by Gasteiger charge is -2.24. The summed E-state index contributed by atoms with van der Waals surface area (Å²) in [6.07, 6.45) is 0. The third kappa shape index (κ3) is 1.68. The fraction of sp³-hybridized carbons (Fsp3) is 1.00. The topological polar surface area (TPSA) is 15.3 Å². The van der Waals surface area contributed by atoms with Crippen molar-refractivity contribution in [2.24, 2.45) is 5.92 Å². The zero-order valence-electron chi connectivity index (χ0n) is 7.63. The number of hydrogen-bond donors (Lipinski definition) is 1. The highest BCUT2D eigenvalue weighted by atomic mass is 35.5. The van der Waals surface area contributed by atoms with Gasteiger partial charge in [0.05, 0.1) is 5.38 Å². The zero-order valence-corrected chi connectivity index (χ0v) is 8.39. The van der Waals surface area contributed by atoms with E-state index in [2.05, 4.69) is 38.3 Å². The normalized spacial score (nSPS) is 40.4. The van der Waals surface area contributed by atoms with Crippen molar-refractivity contribution < 1.29 is 0 Å². The maximum Gasteiger partial charge on any atom is 0.0671 e. The van der Waals surface area contributed by atoms with E-state index in [9.17, 15) is 0 Å². The largest absolute Gasteiger partial charge is 0.251 e. The highest BCUT2D eigenvalue weighted by Crippen LogP contribution is 2.24. The summed E-state index contributed by atoms with van der Waals surface area (Å²) in [5.41, 5.74) is 3.30. The Morgan fingerprint density at radius 3 is 2.18 bits per heavy atom. The molecule has 0 bridgehead atoms. The van der Waals surface area contributed by atoms with Gasteiger partial charge in [0.2, 0.25) is 0 Å². The van der Waals surface area contributed by atoms with Crippen LogP contribution in [-0.4, -0.2) is 29.5 Å². The molecule has 3 atom stereocenters. The van der Waals surface area contributed by atoms with Crippen molar-refractivity contribution in [3.8, 4) is 0 Å². The standard InChI is InChI=1S/C8H17ClN2/c1-5(2)8-7(9)6(3)10-11(8)4/h5-8,10H,1-4H3. The molecule has 0 radical (unpaired) electrons. The molecule has 1 N–H and O–H groups in total. The van der Waals surface area contributed by atoms with E-state index in [1.54, 1.807) is 0 Å². The molecule has 0 spiro atoms. The molecule has 0 aromatic heterocycles. The number of nitrogens with one attached hydrogen (secondary N) is 1. The molecule has 0 amide bonds. The monoisotopic (exact) mass is 176 g/mol. The predicted molar refractivity (Wildman–Crippen MR) is 48.6 cm³/mol. The average molecular weight is 177 g/mol. The van der Waals surface area contributed by atoms with Crippen LogP contribution in [0.2, 0.25) is 0 Å². The van der Waals surface area contributed by atoms with Gasteiger partial charge in [0.1, 0.15) is 0 Å².